The maximum atomic E-state index is 13.2. The van der Waals surface area contributed by atoms with E-state index in [9.17, 15) is 19.2 Å². The molecule has 2 N–H and O–H groups in total. The molecule has 0 aromatic heterocycles. The van der Waals surface area contributed by atoms with Crippen molar-refractivity contribution < 1.29 is 23.9 Å². The molecule has 0 bridgehead atoms. The predicted octanol–water partition coefficient (Wildman–Crippen LogP) is 5.44. The lowest BCUT2D eigenvalue weighted by Gasteiger charge is -2.26. The van der Waals surface area contributed by atoms with E-state index in [4.69, 9.17) is 27.9 Å². The fourth-order valence-corrected chi connectivity index (χ4v) is 3.97. The first kappa shape index (κ1) is 25.4. The summed E-state index contributed by atoms with van der Waals surface area (Å²) >= 11 is 15.3. The number of nitrogens with zero attached hydrogens (tertiary/aromatic N) is 1. The van der Waals surface area contributed by atoms with Crippen LogP contribution in [0.5, 0.6) is 5.75 Å². The molecule has 1 heterocycles. The second-order valence-corrected chi connectivity index (χ2v) is 9.17. The highest BCUT2D eigenvalue weighted by Crippen LogP contribution is 2.31. The number of halogens is 3. The van der Waals surface area contributed by atoms with Gasteiger partial charge in [0.1, 0.15) is 11.3 Å². The minimum atomic E-state index is -0.927. The minimum absolute atomic E-state index is 0.133. The Hall–Kier alpha value is -3.66. The number of benzene rings is 3. The molecule has 0 saturated carbocycles. The van der Waals surface area contributed by atoms with Gasteiger partial charge in [-0.3, -0.25) is 19.7 Å². The van der Waals surface area contributed by atoms with E-state index in [0.29, 0.717) is 15.7 Å². The number of carbonyl (C=O) groups is 4. The van der Waals surface area contributed by atoms with Crippen LogP contribution < -0.4 is 20.3 Å². The van der Waals surface area contributed by atoms with Crippen molar-refractivity contribution in [1.82, 2.24) is 5.32 Å². The van der Waals surface area contributed by atoms with Gasteiger partial charge in [-0.2, -0.15) is 0 Å². The number of nitrogens with one attached hydrogen (secondary N) is 2. The van der Waals surface area contributed by atoms with Gasteiger partial charge in [-0.1, -0.05) is 57.3 Å². The van der Waals surface area contributed by atoms with Crippen molar-refractivity contribution in [3.05, 3.63) is 92.4 Å². The zero-order valence-electron chi connectivity index (χ0n) is 18.3. The fraction of sp³-hybridized carbons (Fsp3) is 0.0400. The Morgan fingerprint density at radius 2 is 1.75 bits per heavy atom. The van der Waals surface area contributed by atoms with E-state index in [1.165, 1.54) is 24.3 Å². The number of ether oxygens (including phenoxy) is 1. The monoisotopic (exact) mass is 587 g/mol. The van der Waals surface area contributed by atoms with Crippen molar-refractivity contribution in [2.45, 2.75) is 0 Å². The van der Waals surface area contributed by atoms with Crippen molar-refractivity contribution in [3.63, 3.8) is 0 Å². The molecule has 0 radical (unpaired) electrons. The van der Waals surface area contributed by atoms with Crippen LogP contribution in [0.1, 0.15) is 5.56 Å². The van der Waals surface area contributed by atoms with Crippen LogP contribution in [0.4, 0.5) is 16.2 Å². The molecule has 11 heteroatoms. The van der Waals surface area contributed by atoms with Gasteiger partial charge in [0.15, 0.2) is 6.61 Å². The summed E-state index contributed by atoms with van der Waals surface area (Å²) in [5, 5.41) is 5.22. The van der Waals surface area contributed by atoms with E-state index in [0.717, 1.165) is 4.90 Å². The number of carbonyl (C=O) groups excluding carboxylic acids is 4. The standard InChI is InChI=1S/C25H16BrCl2N3O5/c26-15-6-9-21(36-13-22(32)29-16-4-2-1-3-5-16)14(10-15)11-18-23(33)30-25(35)31(24(18)34)17-7-8-19(27)20(28)12-17/h1-12H,13H2,(H,29,32)(H,30,33,35)/b18-11+. The van der Waals surface area contributed by atoms with Crippen molar-refractivity contribution in [2.24, 2.45) is 0 Å². The molecule has 3 aromatic carbocycles. The fourth-order valence-electron chi connectivity index (χ4n) is 3.30. The summed E-state index contributed by atoms with van der Waals surface area (Å²) in [6.45, 7) is -0.319. The van der Waals surface area contributed by atoms with Crippen molar-refractivity contribution >= 4 is 80.3 Å². The van der Waals surface area contributed by atoms with Gasteiger partial charge in [-0.15, -0.1) is 0 Å². The lowest BCUT2D eigenvalue weighted by atomic mass is 10.1. The summed E-state index contributed by atoms with van der Waals surface area (Å²) in [4.78, 5) is 51.3. The molecule has 5 amide bonds. The van der Waals surface area contributed by atoms with E-state index in [2.05, 4.69) is 26.6 Å². The normalized spacial score (nSPS) is 14.6. The van der Waals surface area contributed by atoms with Gasteiger partial charge in [0.2, 0.25) is 0 Å². The average Bonchev–Trinajstić information content (AvgIpc) is 2.84. The Bertz CT molecular complexity index is 1410. The maximum Gasteiger partial charge on any atom is 0.335 e. The molecule has 0 unspecified atom stereocenters. The number of hydrogen-bond acceptors (Lipinski definition) is 5. The lowest BCUT2D eigenvalue weighted by molar-refractivity contribution is -0.122. The van der Waals surface area contributed by atoms with E-state index in [-0.39, 0.29) is 33.7 Å². The first-order valence-corrected chi connectivity index (χ1v) is 11.9. The largest absolute Gasteiger partial charge is 0.483 e. The number of barbiturate groups is 1. The third kappa shape index (κ3) is 5.76. The molecular formula is C25H16BrCl2N3O5. The SMILES string of the molecule is O=C(COc1ccc(Br)cc1/C=C1\C(=O)NC(=O)N(c2ccc(Cl)c(Cl)c2)C1=O)Nc1ccccc1. The predicted molar refractivity (Wildman–Crippen MR) is 140 cm³/mol. The summed E-state index contributed by atoms with van der Waals surface area (Å²) in [6.07, 6.45) is 1.28. The lowest BCUT2D eigenvalue weighted by Crippen LogP contribution is -2.54. The van der Waals surface area contributed by atoms with Crippen LogP contribution in [0, 0.1) is 0 Å². The number of hydrogen-bond donors (Lipinski definition) is 2. The highest BCUT2D eigenvalue weighted by molar-refractivity contribution is 9.10. The third-order valence-corrected chi connectivity index (χ3v) is 6.18. The first-order chi connectivity index (χ1) is 17.2. The van der Waals surface area contributed by atoms with Crippen LogP contribution in [0.3, 0.4) is 0 Å². The summed E-state index contributed by atoms with van der Waals surface area (Å²) < 4.78 is 6.30. The summed E-state index contributed by atoms with van der Waals surface area (Å²) in [5.41, 5.74) is 0.755. The van der Waals surface area contributed by atoms with Crippen LogP contribution in [-0.2, 0) is 14.4 Å². The van der Waals surface area contributed by atoms with E-state index in [1.54, 1.807) is 42.5 Å². The van der Waals surface area contributed by atoms with Crippen LogP contribution in [0.15, 0.2) is 76.8 Å². The van der Waals surface area contributed by atoms with Gasteiger partial charge in [0.05, 0.1) is 15.7 Å². The summed E-state index contributed by atoms with van der Waals surface area (Å²) in [5.74, 6) is -1.90. The molecule has 36 heavy (non-hydrogen) atoms. The number of rotatable bonds is 6. The van der Waals surface area contributed by atoms with Gasteiger partial charge in [-0.05, 0) is 54.6 Å². The van der Waals surface area contributed by atoms with Gasteiger partial charge in [0, 0.05) is 15.7 Å². The van der Waals surface area contributed by atoms with Gasteiger partial charge >= 0.3 is 6.03 Å². The van der Waals surface area contributed by atoms with Gasteiger partial charge in [0.25, 0.3) is 17.7 Å². The Labute approximate surface area is 223 Å². The molecule has 0 spiro atoms. The first-order valence-electron chi connectivity index (χ1n) is 10.4. The summed E-state index contributed by atoms with van der Waals surface area (Å²) in [6, 6.07) is 17.0. The highest BCUT2D eigenvalue weighted by Gasteiger charge is 2.37. The molecule has 1 aliphatic rings. The molecule has 182 valence electrons. The Morgan fingerprint density at radius 1 is 1.00 bits per heavy atom. The number of para-hydroxylation sites is 1. The molecule has 3 aromatic rings. The Kier molecular flexibility index (Phi) is 7.73. The molecule has 4 rings (SSSR count). The number of imide groups is 2. The molecule has 1 fully saturated rings. The smallest absolute Gasteiger partial charge is 0.335 e. The molecule has 0 atom stereocenters. The van der Waals surface area contributed by atoms with Gasteiger partial charge in [-0.25, -0.2) is 9.69 Å². The van der Waals surface area contributed by atoms with Crippen molar-refractivity contribution in [2.75, 3.05) is 16.8 Å². The van der Waals surface area contributed by atoms with Crippen LogP contribution >= 0.6 is 39.1 Å². The molecule has 1 aliphatic heterocycles. The van der Waals surface area contributed by atoms with E-state index >= 15 is 0 Å². The summed E-state index contributed by atoms with van der Waals surface area (Å²) in [7, 11) is 0. The minimum Gasteiger partial charge on any atom is -0.483 e. The number of amides is 5. The van der Waals surface area contributed by atoms with Crippen molar-refractivity contribution in [1.29, 1.82) is 0 Å². The molecule has 0 aliphatic carbocycles. The maximum absolute atomic E-state index is 13.2. The Morgan fingerprint density at radius 3 is 2.47 bits per heavy atom. The Balaban J connectivity index is 1.60. The van der Waals surface area contributed by atoms with Crippen molar-refractivity contribution in [3.8, 4) is 5.75 Å². The van der Waals surface area contributed by atoms with E-state index in [1.807, 2.05) is 6.07 Å². The van der Waals surface area contributed by atoms with Crippen LogP contribution in [0.25, 0.3) is 6.08 Å². The number of anilines is 2. The highest BCUT2D eigenvalue weighted by atomic mass is 79.9. The molecular weight excluding hydrogens is 573 g/mol. The number of urea groups is 1. The quantitative estimate of drug-likeness (QED) is 0.295. The molecule has 1 saturated heterocycles. The average molecular weight is 589 g/mol. The second-order valence-electron chi connectivity index (χ2n) is 7.44. The van der Waals surface area contributed by atoms with E-state index < -0.39 is 23.8 Å². The zero-order valence-corrected chi connectivity index (χ0v) is 21.4. The van der Waals surface area contributed by atoms with Crippen LogP contribution in [-0.4, -0.2) is 30.4 Å². The second kappa shape index (κ2) is 10.9. The topological polar surface area (TPSA) is 105 Å². The zero-order chi connectivity index (χ0) is 25.8. The third-order valence-electron chi connectivity index (χ3n) is 4.95. The van der Waals surface area contributed by atoms with Gasteiger partial charge < -0.3 is 10.1 Å². The molecule has 8 nitrogen and oxygen atoms in total. The van der Waals surface area contributed by atoms with Crippen LogP contribution in [0.2, 0.25) is 10.0 Å².